The number of aromatic amines is 1. The molecule has 2 heterocycles. The Balaban J connectivity index is 2.00. The third-order valence-electron chi connectivity index (χ3n) is 4.14. The van der Waals surface area contributed by atoms with Crippen LogP contribution in [0.3, 0.4) is 0 Å². The number of aromatic nitrogens is 2. The van der Waals surface area contributed by atoms with Crippen LogP contribution in [0.2, 0.25) is 0 Å². The first-order valence-corrected chi connectivity index (χ1v) is 7.48. The third kappa shape index (κ3) is 3.95. The van der Waals surface area contributed by atoms with E-state index in [-0.39, 0.29) is 11.2 Å². The average Bonchev–Trinajstić information content (AvgIpc) is 2.45. The zero-order valence-electron chi connectivity index (χ0n) is 13.1. The van der Waals surface area contributed by atoms with E-state index in [1.807, 2.05) is 0 Å². The van der Waals surface area contributed by atoms with E-state index in [1.54, 1.807) is 0 Å². The molecule has 1 aliphatic heterocycles. The van der Waals surface area contributed by atoms with Gasteiger partial charge in [-0.25, -0.2) is 4.98 Å². The molecule has 1 aliphatic rings. The number of hydrogen-bond donors (Lipinski definition) is 3. The zero-order chi connectivity index (χ0) is 15.4. The van der Waals surface area contributed by atoms with Crippen LogP contribution in [-0.4, -0.2) is 65.6 Å². The molecule has 1 saturated heterocycles. The minimum Gasteiger partial charge on any atom is -0.391 e. The van der Waals surface area contributed by atoms with Crippen LogP contribution in [0.15, 0.2) is 11.1 Å². The second-order valence-electron chi connectivity index (χ2n) is 6.03. The first-order chi connectivity index (χ1) is 9.99. The van der Waals surface area contributed by atoms with Crippen LogP contribution in [0.25, 0.3) is 0 Å². The van der Waals surface area contributed by atoms with Gasteiger partial charge in [-0.05, 0) is 13.0 Å². The van der Waals surface area contributed by atoms with Crippen molar-refractivity contribution in [2.24, 2.45) is 5.92 Å². The second kappa shape index (κ2) is 6.91. The Labute approximate surface area is 125 Å². The summed E-state index contributed by atoms with van der Waals surface area (Å²) in [5, 5.41) is 3.23. The van der Waals surface area contributed by atoms with Gasteiger partial charge in [0, 0.05) is 38.8 Å². The van der Waals surface area contributed by atoms with Crippen molar-refractivity contribution in [3.05, 3.63) is 16.7 Å². The summed E-state index contributed by atoms with van der Waals surface area (Å²) in [4.78, 5) is 22.9. The molecule has 21 heavy (non-hydrogen) atoms. The molecule has 4 N–H and O–H groups in total. The Morgan fingerprint density at radius 2 is 2.05 bits per heavy atom. The van der Waals surface area contributed by atoms with Gasteiger partial charge in [0.25, 0.3) is 5.56 Å². The van der Waals surface area contributed by atoms with Crippen LogP contribution in [0.5, 0.6) is 0 Å². The molecule has 118 valence electrons. The predicted molar refractivity (Wildman–Crippen MR) is 85.5 cm³/mol. The van der Waals surface area contributed by atoms with Crippen molar-refractivity contribution in [3.63, 3.8) is 0 Å². The number of nitrogens with one attached hydrogen (secondary N) is 2. The molecule has 0 bridgehead atoms. The highest BCUT2D eigenvalue weighted by molar-refractivity contribution is 5.58. The van der Waals surface area contributed by atoms with Gasteiger partial charge in [0.15, 0.2) is 5.82 Å². The quantitative estimate of drug-likeness (QED) is 0.710. The van der Waals surface area contributed by atoms with E-state index in [4.69, 9.17) is 5.73 Å². The van der Waals surface area contributed by atoms with E-state index in [0.29, 0.717) is 17.8 Å². The highest BCUT2D eigenvalue weighted by atomic mass is 16.1. The molecule has 1 fully saturated rings. The molecule has 7 nitrogen and oxygen atoms in total. The highest BCUT2D eigenvalue weighted by Crippen LogP contribution is 2.15. The second-order valence-corrected chi connectivity index (χ2v) is 6.03. The summed E-state index contributed by atoms with van der Waals surface area (Å²) in [5.41, 5.74) is 5.61. The Morgan fingerprint density at radius 3 is 2.67 bits per heavy atom. The monoisotopic (exact) mass is 294 g/mol. The fourth-order valence-electron chi connectivity index (χ4n) is 2.69. The fraction of sp³-hybridized carbons (Fsp3) is 0.714. The van der Waals surface area contributed by atoms with E-state index in [9.17, 15) is 4.79 Å². The van der Waals surface area contributed by atoms with Gasteiger partial charge in [-0.2, -0.15) is 0 Å². The summed E-state index contributed by atoms with van der Waals surface area (Å²) < 4.78 is 0. The lowest BCUT2D eigenvalue weighted by atomic mass is 10.0. The van der Waals surface area contributed by atoms with Crippen LogP contribution in [0.4, 0.5) is 11.5 Å². The van der Waals surface area contributed by atoms with Crippen molar-refractivity contribution in [1.82, 2.24) is 19.8 Å². The Bertz CT molecular complexity index is 506. The molecular weight excluding hydrogens is 268 g/mol. The number of likely N-dealkylation sites (N-methyl/N-ethyl adjacent to an activating group) is 1. The number of H-pyrrole nitrogens is 1. The Hall–Kier alpha value is -1.60. The van der Waals surface area contributed by atoms with Gasteiger partial charge in [-0.3, -0.25) is 9.69 Å². The number of hydrogen-bond acceptors (Lipinski definition) is 6. The molecule has 0 saturated carbocycles. The van der Waals surface area contributed by atoms with Gasteiger partial charge in [0.2, 0.25) is 0 Å². The number of nitrogens with zero attached hydrogens (tertiary/aromatic N) is 3. The van der Waals surface area contributed by atoms with E-state index in [2.05, 4.69) is 46.0 Å². The van der Waals surface area contributed by atoms with E-state index < -0.39 is 0 Å². The summed E-state index contributed by atoms with van der Waals surface area (Å²) in [5.74, 6) is 0.989. The smallest absolute Gasteiger partial charge is 0.276 e. The van der Waals surface area contributed by atoms with Crippen molar-refractivity contribution in [2.45, 2.75) is 19.9 Å². The molecule has 1 atom stereocenters. The third-order valence-corrected chi connectivity index (χ3v) is 4.14. The normalized spacial score (nSPS) is 18.9. The summed E-state index contributed by atoms with van der Waals surface area (Å²) in [7, 11) is 2.15. The standard InChI is InChI=1S/C14H26N6O/c1-10(2)11(20-6-4-19(3)5-7-20)8-16-13-12(15)14(21)18-9-17-13/h9-11H,4-8,15H2,1-3H3,(H2,16,17,18,21). The number of anilines is 2. The lowest BCUT2D eigenvalue weighted by Gasteiger charge is -2.40. The average molecular weight is 294 g/mol. The van der Waals surface area contributed by atoms with Crippen molar-refractivity contribution in [2.75, 3.05) is 50.8 Å². The lowest BCUT2D eigenvalue weighted by Crippen LogP contribution is -2.52. The predicted octanol–water partition coefficient (Wildman–Crippen LogP) is 0.0360. The van der Waals surface area contributed by atoms with E-state index in [1.165, 1.54) is 6.33 Å². The maximum Gasteiger partial charge on any atom is 0.276 e. The summed E-state index contributed by atoms with van der Waals surface area (Å²) in [6.07, 6.45) is 1.38. The number of nitrogens with two attached hydrogens (primary N) is 1. The highest BCUT2D eigenvalue weighted by Gasteiger charge is 2.25. The molecule has 0 aliphatic carbocycles. The molecule has 1 unspecified atom stereocenters. The first kappa shape index (κ1) is 15.8. The minimum absolute atomic E-state index is 0.151. The van der Waals surface area contributed by atoms with Crippen LogP contribution in [-0.2, 0) is 0 Å². The van der Waals surface area contributed by atoms with Crippen molar-refractivity contribution in [3.8, 4) is 0 Å². The molecule has 0 aromatic carbocycles. The molecule has 0 amide bonds. The number of nitrogen functional groups attached to an aromatic ring is 1. The molecule has 1 aromatic heterocycles. The summed E-state index contributed by atoms with van der Waals surface area (Å²) in [6, 6.07) is 0.402. The zero-order valence-corrected chi connectivity index (χ0v) is 13.1. The molecule has 2 rings (SSSR count). The van der Waals surface area contributed by atoms with E-state index >= 15 is 0 Å². The summed E-state index contributed by atoms with van der Waals surface area (Å²) in [6.45, 7) is 9.50. The van der Waals surface area contributed by atoms with Gasteiger partial charge in [-0.15, -0.1) is 0 Å². The maximum atomic E-state index is 11.5. The van der Waals surface area contributed by atoms with Crippen molar-refractivity contribution in [1.29, 1.82) is 0 Å². The molecule has 1 aromatic rings. The van der Waals surface area contributed by atoms with E-state index in [0.717, 1.165) is 32.7 Å². The van der Waals surface area contributed by atoms with Crippen molar-refractivity contribution < 1.29 is 0 Å². The van der Waals surface area contributed by atoms with Gasteiger partial charge in [-0.1, -0.05) is 13.8 Å². The SMILES string of the molecule is CC(C)C(CNc1nc[nH]c(=O)c1N)N1CCN(C)CC1. The van der Waals surface area contributed by atoms with Crippen LogP contribution in [0, 0.1) is 5.92 Å². The topological polar surface area (TPSA) is 90.3 Å². The Morgan fingerprint density at radius 1 is 1.38 bits per heavy atom. The van der Waals surface area contributed by atoms with Gasteiger partial charge in [0.1, 0.15) is 5.69 Å². The van der Waals surface area contributed by atoms with Crippen LogP contribution >= 0.6 is 0 Å². The first-order valence-electron chi connectivity index (χ1n) is 7.48. The molecule has 7 heteroatoms. The maximum absolute atomic E-state index is 11.5. The van der Waals surface area contributed by atoms with Crippen LogP contribution in [0.1, 0.15) is 13.8 Å². The largest absolute Gasteiger partial charge is 0.391 e. The van der Waals surface area contributed by atoms with Gasteiger partial charge < -0.3 is 20.9 Å². The number of rotatable bonds is 5. The fourth-order valence-corrected chi connectivity index (χ4v) is 2.69. The Kier molecular flexibility index (Phi) is 5.19. The molecule has 0 spiro atoms. The molecular formula is C14H26N6O. The van der Waals surface area contributed by atoms with Crippen molar-refractivity contribution >= 4 is 11.5 Å². The molecule has 0 radical (unpaired) electrons. The summed E-state index contributed by atoms with van der Waals surface area (Å²) >= 11 is 0. The minimum atomic E-state index is -0.298. The van der Waals surface area contributed by atoms with Gasteiger partial charge in [0.05, 0.1) is 6.33 Å². The lowest BCUT2D eigenvalue weighted by molar-refractivity contribution is 0.0944. The van der Waals surface area contributed by atoms with Gasteiger partial charge >= 0.3 is 0 Å². The number of piperazine rings is 1. The van der Waals surface area contributed by atoms with Crippen LogP contribution < -0.4 is 16.6 Å².